The molecule has 0 N–H and O–H groups in total. The van der Waals surface area contributed by atoms with Crippen LogP contribution >= 0.6 is 23.1 Å². The van der Waals surface area contributed by atoms with Gasteiger partial charge in [0.25, 0.3) is 0 Å². The molecule has 132 valence electrons. The van der Waals surface area contributed by atoms with Crippen molar-refractivity contribution in [2.75, 3.05) is 48.9 Å². The van der Waals surface area contributed by atoms with E-state index in [0.29, 0.717) is 0 Å². The molecule has 0 spiro atoms. The Morgan fingerprint density at radius 2 is 2.16 bits per heavy atom. The number of likely N-dealkylation sites (N-methyl/N-ethyl adjacent to an activating group) is 1. The lowest BCUT2D eigenvalue weighted by Crippen LogP contribution is -2.37. The molecular weight excluding hydrogens is 354 g/mol. The van der Waals surface area contributed by atoms with E-state index < -0.39 is 0 Å². The molecule has 4 rings (SSSR count). The number of anilines is 2. The molecule has 1 atom stereocenters. The number of aryl methyl sites for hydroxylation is 1. The Morgan fingerprint density at radius 1 is 1.32 bits per heavy atom. The van der Waals surface area contributed by atoms with E-state index in [-0.39, 0.29) is 11.2 Å². The highest BCUT2D eigenvalue weighted by molar-refractivity contribution is 8.00. The molecule has 4 heterocycles. The topological polar surface area (TPSA) is 45.7 Å². The van der Waals surface area contributed by atoms with Crippen LogP contribution in [-0.2, 0) is 16.0 Å². The SMILES string of the molecule is CN(C(=O)[C@H]1SCCc2sccc21)c1ccc(N2CCOCC2)nc1. The predicted molar refractivity (Wildman–Crippen MR) is 104 cm³/mol. The summed E-state index contributed by atoms with van der Waals surface area (Å²) in [6.45, 7) is 3.20. The molecule has 7 heteroatoms. The minimum absolute atomic E-state index is 0.0982. The van der Waals surface area contributed by atoms with Gasteiger partial charge in [-0.3, -0.25) is 4.79 Å². The number of carbonyl (C=O) groups excluding carboxylic acids is 1. The zero-order valence-electron chi connectivity index (χ0n) is 14.2. The molecule has 2 aliphatic heterocycles. The van der Waals surface area contributed by atoms with Crippen molar-refractivity contribution in [1.29, 1.82) is 0 Å². The van der Waals surface area contributed by atoms with Crippen LogP contribution in [0.1, 0.15) is 15.7 Å². The predicted octanol–water partition coefficient (Wildman–Crippen LogP) is 2.97. The molecule has 1 amide bonds. The van der Waals surface area contributed by atoms with Gasteiger partial charge in [0.1, 0.15) is 11.1 Å². The second-order valence-electron chi connectivity index (χ2n) is 6.17. The van der Waals surface area contributed by atoms with Gasteiger partial charge in [0, 0.05) is 25.0 Å². The fourth-order valence-electron chi connectivity index (χ4n) is 3.21. The Balaban J connectivity index is 1.49. The van der Waals surface area contributed by atoms with Gasteiger partial charge in [0.05, 0.1) is 25.1 Å². The number of ether oxygens (including phenoxy) is 1. The quantitative estimate of drug-likeness (QED) is 0.825. The van der Waals surface area contributed by atoms with E-state index in [9.17, 15) is 4.79 Å². The molecule has 0 aliphatic carbocycles. The first-order valence-electron chi connectivity index (χ1n) is 8.48. The van der Waals surface area contributed by atoms with Crippen LogP contribution in [0.25, 0.3) is 0 Å². The van der Waals surface area contributed by atoms with Crippen molar-refractivity contribution in [3.8, 4) is 0 Å². The lowest BCUT2D eigenvalue weighted by atomic mass is 10.1. The lowest BCUT2D eigenvalue weighted by Gasteiger charge is -2.29. The van der Waals surface area contributed by atoms with Gasteiger partial charge in [-0.15, -0.1) is 23.1 Å². The van der Waals surface area contributed by atoms with Crippen molar-refractivity contribution in [3.63, 3.8) is 0 Å². The lowest BCUT2D eigenvalue weighted by molar-refractivity contribution is -0.117. The maximum absolute atomic E-state index is 13.0. The third kappa shape index (κ3) is 3.41. The van der Waals surface area contributed by atoms with E-state index in [4.69, 9.17) is 4.74 Å². The van der Waals surface area contributed by atoms with E-state index in [2.05, 4.69) is 21.3 Å². The summed E-state index contributed by atoms with van der Waals surface area (Å²) in [5.41, 5.74) is 2.03. The maximum Gasteiger partial charge on any atom is 0.244 e. The van der Waals surface area contributed by atoms with Gasteiger partial charge >= 0.3 is 0 Å². The first kappa shape index (κ1) is 16.9. The summed E-state index contributed by atoms with van der Waals surface area (Å²) in [5.74, 6) is 2.08. The van der Waals surface area contributed by atoms with E-state index in [1.165, 1.54) is 10.4 Å². The van der Waals surface area contributed by atoms with Gasteiger partial charge in [0.2, 0.25) is 5.91 Å². The Bertz CT molecular complexity index is 741. The molecule has 0 saturated carbocycles. The Labute approximate surface area is 156 Å². The number of carbonyl (C=O) groups is 1. The summed E-state index contributed by atoms with van der Waals surface area (Å²) in [5, 5.41) is 1.99. The van der Waals surface area contributed by atoms with Gasteiger partial charge in [-0.2, -0.15) is 0 Å². The molecule has 1 saturated heterocycles. The summed E-state index contributed by atoms with van der Waals surface area (Å²) >= 11 is 3.50. The van der Waals surface area contributed by atoms with Crippen LogP contribution in [0.15, 0.2) is 29.8 Å². The molecule has 0 radical (unpaired) electrons. The average molecular weight is 376 g/mol. The highest BCUT2D eigenvalue weighted by atomic mass is 32.2. The van der Waals surface area contributed by atoms with E-state index >= 15 is 0 Å². The van der Waals surface area contributed by atoms with Gasteiger partial charge in [0.15, 0.2) is 0 Å². The summed E-state index contributed by atoms with van der Waals surface area (Å²) in [7, 11) is 1.84. The van der Waals surface area contributed by atoms with E-state index in [0.717, 1.165) is 50.0 Å². The number of hydrogen-bond acceptors (Lipinski definition) is 6. The van der Waals surface area contributed by atoms with Gasteiger partial charge in [-0.05, 0) is 41.3 Å². The average Bonchev–Trinajstić information content (AvgIpc) is 3.16. The minimum atomic E-state index is -0.0982. The van der Waals surface area contributed by atoms with E-state index in [1.54, 1.807) is 34.2 Å². The summed E-state index contributed by atoms with van der Waals surface area (Å²) in [4.78, 5) is 22.9. The van der Waals surface area contributed by atoms with Crippen LogP contribution in [0.3, 0.4) is 0 Å². The van der Waals surface area contributed by atoms with E-state index in [1.807, 2.05) is 19.2 Å². The molecule has 0 unspecified atom stereocenters. The largest absolute Gasteiger partial charge is 0.378 e. The van der Waals surface area contributed by atoms with Crippen LogP contribution < -0.4 is 9.80 Å². The van der Waals surface area contributed by atoms with Crippen molar-refractivity contribution in [2.24, 2.45) is 0 Å². The Morgan fingerprint density at radius 3 is 2.92 bits per heavy atom. The fraction of sp³-hybridized carbons (Fsp3) is 0.444. The number of pyridine rings is 1. The van der Waals surface area contributed by atoms with Gasteiger partial charge < -0.3 is 14.5 Å². The number of amides is 1. The van der Waals surface area contributed by atoms with Crippen molar-refractivity contribution in [1.82, 2.24) is 4.98 Å². The van der Waals surface area contributed by atoms with Crippen molar-refractivity contribution in [2.45, 2.75) is 11.7 Å². The highest BCUT2D eigenvalue weighted by Crippen LogP contribution is 2.40. The molecule has 5 nitrogen and oxygen atoms in total. The molecule has 1 fully saturated rings. The summed E-state index contributed by atoms with van der Waals surface area (Å²) in [6, 6.07) is 6.08. The number of fused-ring (bicyclic) bond motifs is 1. The van der Waals surface area contributed by atoms with Crippen LogP contribution in [0.2, 0.25) is 0 Å². The van der Waals surface area contributed by atoms with Gasteiger partial charge in [-0.25, -0.2) is 4.98 Å². The zero-order valence-corrected chi connectivity index (χ0v) is 15.8. The monoisotopic (exact) mass is 375 g/mol. The maximum atomic E-state index is 13.0. The van der Waals surface area contributed by atoms with Crippen molar-refractivity contribution < 1.29 is 9.53 Å². The molecule has 0 bridgehead atoms. The minimum Gasteiger partial charge on any atom is -0.378 e. The molecule has 25 heavy (non-hydrogen) atoms. The third-order valence-corrected chi connectivity index (χ3v) is 6.91. The number of thiophene rings is 1. The number of thioether (sulfide) groups is 1. The number of rotatable bonds is 3. The number of morpholine rings is 1. The Kier molecular flexibility index (Phi) is 4.96. The first-order chi connectivity index (χ1) is 12.2. The molecular formula is C18H21N3O2S2. The highest BCUT2D eigenvalue weighted by Gasteiger charge is 2.30. The second-order valence-corrected chi connectivity index (χ2v) is 8.38. The summed E-state index contributed by atoms with van der Waals surface area (Å²) < 4.78 is 5.38. The van der Waals surface area contributed by atoms with Crippen LogP contribution in [0.5, 0.6) is 0 Å². The molecule has 2 aliphatic rings. The number of nitrogens with zero attached hydrogens (tertiary/aromatic N) is 3. The smallest absolute Gasteiger partial charge is 0.244 e. The number of aromatic nitrogens is 1. The van der Waals surface area contributed by atoms with Crippen LogP contribution in [-0.4, -0.2) is 50.0 Å². The molecule has 0 aromatic carbocycles. The second kappa shape index (κ2) is 7.35. The van der Waals surface area contributed by atoms with Crippen molar-refractivity contribution >= 4 is 40.5 Å². The van der Waals surface area contributed by atoms with Crippen LogP contribution in [0.4, 0.5) is 11.5 Å². The fourth-order valence-corrected chi connectivity index (χ4v) is 5.59. The van der Waals surface area contributed by atoms with Crippen LogP contribution in [0, 0.1) is 0 Å². The Hall–Kier alpha value is -1.57. The molecule has 2 aromatic heterocycles. The standard InChI is InChI=1S/C18H21N3O2S2/c1-20(18(22)17-14-4-10-24-15(14)5-11-25-17)13-2-3-16(19-12-13)21-6-8-23-9-7-21/h2-4,10,12,17H,5-9,11H2,1H3/t17-/m0/s1. The molecule has 2 aromatic rings. The van der Waals surface area contributed by atoms with Crippen molar-refractivity contribution in [3.05, 3.63) is 40.2 Å². The zero-order chi connectivity index (χ0) is 17.2. The van der Waals surface area contributed by atoms with Gasteiger partial charge in [-0.1, -0.05) is 0 Å². The normalized spacial score (nSPS) is 20.2. The number of hydrogen-bond donors (Lipinski definition) is 0. The summed E-state index contributed by atoms with van der Waals surface area (Å²) in [6.07, 6.45) is 2.87. The third-order valence-electron chi connectivity index (χ3n) is 4.69. The first-order valence-corrected chi connectivity index (χ1v) is 10.4.